The predicted octanol–water partition coefficient (Wildman–Crippen LogP) is 4.03. The van der Waals surface area contributed by atoms with Gasteiger partial charge in [-0.1, -0.05) is 32.0 Å². The van der Waals surface area contributed by atoms with Gasteiger partial charge in [0.2, 0.25) is 0 Å². The Kier molecular flexibility index (Phi) is 4.34. The van der Waals surface area contributed by atoms with Gasteiger partial charge in [0.1, 0.15) is 5.78 Å². The summed E-state index contributed by atoms with van der Waals surface area (Å²) >= 11 is 0. The molecule has 1 aromatic carbocycles. The zero-order valence-corrected chi connectivity index (χ0v) is 19.1. The number of benzene rings is 1. The average Bonchev–Trinajstić information content (AvgIpc) is 3.20. The maximum atomic E-state index is 13.9. The third-order valence-corrected chi connectivity index (χ3v) is 10.8. The number of hydrogen-bond donors (Lipinski definition) is 3. The van der Waals surface area contributed by atoms with Crippen molar-refractivity contribution in [1.29, 1.82) is 0 Å². The minimum atomic E-state index is -1.76. The molecule has 1 amide bonds. The standard InChI is InChI=1S/C27H35NO4/c1-25-11-9-16(29)13-15(25)7-8-17-18(25)10-12-26(2)20(17)14-21(23(26)30)27(32)19-5-3-4-6-22(19)28-24(27)31/h3-6,15-18,20-21,29,32H,7-14H2,1-2H3,(H,28,31)/t15-,16+,17-,18+,20+,21-,25+,26+,27+/m1/s1. The van der Waals surface area contributed by atoms with Gasteiger partial charge < -0.3 is 15.5 Å². The van der Waals surface area contributed by atoms with Crippen LogP contribution in [0.4, 0.5) is 5.69 Å². The topological polar surface area (TPSA) is 86.6 Å². The van der Waals surface area contributed by atoms with Gasteiger partial charge in [0, 0.05) is 16.7 Å². The quantitative estimate of drug-likeness (QED) is 0.619. The van der Waals surface area contributed by atoms with E-state index in [0.717, 1.165) is 44.9 Å². The number of rotatable bonds is 1. The monoisotopic (exact) mass is 437 g/mol. The predicted molar refractivity (Wildman–Crippen MR) is 121 cm³/mol. The molecule has 172 valence electrons. The van der Waals surface area contributed by atoms with Crippen LogP contribution in [0.2, 0.25) is 0 Å². The third kappa shape index (κ3) is 2.47. The average molecular weight is 438 g/mol. The van der Waals surface area contributed by atoms with Gasteiger partial charge in [-0.3, -0.25) is 9.59 Å². The summed E-state index contributed by atoms with van der Waals surface area (Å²) in [5.74, 6) is 0.766. The van der Waals surface area contributed by atoms with E-state index in [1.54, 1.807) is 12.1 Å². The van der Waals surface area contributed by atoms with Crippen LogP contribution in [-0.2, 0) is 15.2 Å². The molecule has 9 atom stereocenters. The summed E-state index contributed by atoms with van der Waals surface area (Å²) in [6.07, 6.45) is 7.41. The van der Waals surface area contributed by atoms with Gasteiger partial charge in [-0.25, -0.2) is 0 Å². The first-order chi connectivity index (χ1) is 15.2. The van der Waals surface area contributed by atoms with Crippen molar-refractivity contribution in [3.05, 3.63) is 29.8 Å². The van der Waals surface area contributed by atoms with Gasteiger partial charge in [0.25, 0.3) is 5.91 Å². The molecular formula is C27H35NO4. The van der Waals surface area contributed by atoms with Crippen molar-refractivity contribution >= 4 is 17.4 Å². The summed E-state index contributed by atoms with van der Waals surface area (Å²) in [7, 11) is 0. The molecule has 1 heterocycles. The highest BCUT2D eigenvalue weighted by molar-refractivity contribution is 6.09. The van der Waals surface area contributed by atoms with Crippen molar-refractivity contribution in [2.45, 2.75) is 76.9 Å². The van der Waals surface area contributed by atoms with E-state index in [-0.39, 0.29) is 23.2 Å². The summed E-state index contributed by atoms with van der Waals surface area (Å²) in [6, 6.07) is 7.25. The maximum Gasteiger partial charge on any atom is 0.261 e. The number of anilines is 1. The van der Waals surface area contributed by atoms with E-state index in [1.807, 2.05) is 12.1 Å². The van der Waals surface area contributed by atoms with Gasteiger partial charge in [-0.05, 0) is 86.5 Å². The number of aliphatic hydroxyl groups excluding tert-OH is 1. The van der Waals surface area contributed by atoms with E-state index in [0.29, 0.717) is 35.4 Å². The molecule has 0 saturated heterocycles. The molecule has 1 aromatic rings. The number of ketones is 1. The van der Waals surface area contributed by atoms with Crippen molar-refractivity contribution in [3.63, 3.8) is 0 Å². The Morgan fingerprint density at radius 1 is 0.969 bits per heavy atom. The van der Waals surface area contributed by atoms with Crippen molar-refractivity contribution in [2.24, 2.45) is 40.4 Å². The molecule has 3 N–H and O–H groups in total. The van der Waals surface area contributed by atoms with E-state index in [4.69, 9.17) is 0 Å². The number of aliphatic hydroxyl groups is 2. The minimum absolute atomic E-state index is 0.0849. The summed E-state index contributed by atoms with van der Waals surface area (Å²) in [4.78, 5) is 26.9. The molecule has 0 radical (unpaired) electrons. The van der Waals surface area contributed by atoms with Crippen LogP contribution in [0.15, 0.2) is 24.3 Å². The number of carbonyl (C=O) groups excluding carboxylic acids is 2. The van der Waals surface area contributed by atoms with Crippen LogP contribution in [0.1, 0.15) is 70.8 Å². The lowest BCUT2D eigenvalue weighted by molar-refractivity contribution is -0.151. The van der Waals surface area contributed by atoms with Crippen LogP contribution >= 0.6 is 0 Å². The molecule has 0 spiro atoms. The number of para-hydroxylation sites is 1. The lowest BCUT2D eigenvalue weighted by Crippen LogP contribution is -2.54. The Morgan fingerprint density at radius 3 is 2.56 bits per heavy atom. The van der Waals surface area contributed by atoms with Crippen LogP contribution in [0.5, 0.6) is 0 Å². The van der Waals surface area contributed by atoms with E-state index < -0.39 is 22.8 Å². The summed E-state index contributed by atoms with van der Waals surface area (Å²) < 4.78 is 0. The van der Waals surface area contributed by atoms with E-state index in [2.05, 4.69) is 19.2 Å². The molecule has 5 nitrogen and oxygen atoms in total. The van der Waals surface area contributed by atoms with Gasteiger partial charge >= 0.3 is 0 Å². The first kappa shape index (κ1) is 20.9. The maximum absolute atomic E-state index is 13.9. The van der Waals surface area contributed by atoms with E-state index in [1.165, 1.54) is 0 Å². The SMILES string of the molecule is C[C@]12CC[C@H](O)C[C@H]1CC[C@@H]1[C@@H]2CC[C@]2(C)C(=O)[C@H]([C@]3(O)C(=O)Nc4ccccc43)C[C@@H]12. The second-order valence-electron chi connectivity index (χ2n) is 12.0. The van der Waals surface area contributed by atoms with Gasteiger partial charge in [0.15, 0.2) is 5.60 Å². The van der Waals surface area contributed by atoms with Crippen LogP contribution in [0.3, 0.4) is 0 Å². The van der Waals surface area contributed by atoms with Crippen molar-refractivity contribution in [3.8, 4) is 0 Å². The molecule has 5 aliphatic rings. The molecule has 4 saturated carbocycles. The highest BCUT2D eigenvalue weighted by Crippen LogP contribution is 2.67. The Balaban J connectivity index is 1.35. The summed E-state index contributed by atoms with van der Waals surface area (Å²) in [5.41, 5.74) is -0.812. The second-order valence-corrected chi connectivity index (χ2v) is 12.0. The fourth-order valence-corrected chi connectivity index (χ4v) is 9.03. The zero-order valence-electron chi connectivity index (χ0n) is 19.1. The van der Waals surface area contributed by atoms with Crippen LogP contribution in [0.25, 0.3) is 0 Å². The smallest absolute Gasteiger partial charge is 0.261 e. The Hall–Kier alpha value is -1.72. The second kappa shape index (κ2) is 6.66. The molecule has 5 heteroatoms. The van der Waals surface area contributed by atoms with E-state index in [9.17, 15) is 19.8 Å². The molecule has 6 rings (SSSR count). The Morgan fingerprint density at radius 2 is 1.75 bits per heavy atom. The number of nitrogens with one attached hydrogen (secondary N) is 1. The normalized spacial score (nSPS) is 49.6. The molecule has 32 heavy (non-hydrogen) atoms. The largest absolute Gasteiger partial charge is 0.393 e. The number of carbonyl (C=O) groups is 2. The molecule has 4 aliphatic carbocycles. The number of hydrogen-bond acceptors (Lipinski definition) is 4. The van der Waals surface area contributed by atoms with Crippen LogP contribution < -0.4 is 5.32 Å². The molecule has 4 fully saturated rings. The number of amides is 1. The Bertz CT molecular complexity index is 992. The van der Waals surface area contributed by atoms with Crippen molar-refractivity contribution in [2.75, 3.05) is 5.32 Å². The molecule has 0 aromatic heterocycles. The lowest BCUT2D eigenvalue weighted by Gasteiger charge is -2.60. The van der Waals surface area contributed by atoms with Crippen LogP contribution in [-0.4, -0.2) is 28.0 Å². The lowest BCUT2D eigenvalue weighted by atomic mass is 9.45. The molecule has 0 bridgehead atoms. The van der Waals surface area contributed by atoms with Gasteiger partial charge in [-0.15, -0.1) is 0 Å². The molecule has 1 aliphatic heterocycles. The first-order valence-electron chi connectivity index (χ1n) is 12.6. The third-order valence-electron chi connectivity index (χ3n) is 10.8. The zero-order chi connectivity index (χ0) is 22.5. The number of fused-ring (bicyclic) bond motifs is 6. The van der Waals surface area contributed by atoms with Gasteiger partial charge in [0.05, 0.1) is 12.0 Å². The summed E-state index contributed by atoms with van der Waals surface area (Å²) in [6.45, 7) is 4.54. The highest BCUT2D eigenvalue weighted by Gasteiger charge is 2.67. The van der Waals surface area contributed by atoms with Crippen molar-refractivity contribution < 1.29 is 19.8 Å². The molecule has 0 unspecified atom stereocenters. The Labute approximate surface area is 190 Å². The van der Waals surface area contributed by atoms with Gasteiger partial charge in [-0.2, -0.15) is 0 Å². The molecular weight excluding hydrogens is 402 g/mol. The fraction of sp³-hybridized carbons (Fsp3) is 0.704. The number of Topliss-reactive ketones (excluding diaryl/α,β-unsaturated/α-hetero) is 1. The summed E-state index contributed by atoms with van der Waals surface area (Å²) in [5, 5.41) is 24.8. The highest BCUT2D eigenvalue weighted by atomic mass is 16.3. The van der Waals surface area contributed by atoms with E-state index >= 15 is 0 Å². The van der Waals surface area contributed by atoms with Crippen molar-refractivity contribution in [1.82, 2.24) is 0 Å². The first-order valence-corrected chi connectivity index (χ1v) is 12.6. The minimum Gasteiger partial charge on any atom is -0.393 e. The fourth-order valence-electron chi connectivity index (χ4n) is 9.03. The van der Waals surface area contributed by atoms with Crippen LogP contribution in [0, 0.1) is 40.4 Å².